The van der Waals surface area contributed by atoms with Gasteiger partial charge in [-0.3, -0.25) is 5.32 Å². The van der Waals surface area contributed by atoms with E-state index in [1.807, 2.05) is 6.07 Å². The van der Waals surface area contributed by atoms with Gasteiger partial charge in [-0.1, -0.05) is 11.6 Å². The highest BCUT2D eigenvalue weighted by Crippen LogP contribution is 2.46. The molecule has 1 aliphatic heterocycles. The van der Waals surface area contributed by atoms with Gasteiger partial charge in [0, 0.05) is 15.6 Å². The number of hydrogen-bond acceptors (Lipinski definition) is 9. The van der Waals surface area contributed by atoms with Gasteiger partial charge in [0.05, 0.1) is 10.7 Å². The Bertz CT molecular complexity index is 1040. The summed E-state index contributed by atoms with van der Waals surface area (Å²) in [6.45, 7) is 0. The SMILES string of the molecule is N#CNC1=NC(c2c(O)ccc(Cl)c2Br)c2c(nc(N)c(C#N)c2N)N1. The van der Waals surface area contributed by atoms with Crippen molar-refractivity contribution in [3.8, 4) is 18.0 Å². The monoisotopic (exact) mass is 432 g/mol. The highest BCUT2D eigenvalue weighted by atomic mass is 79.9. The minimum Gasteiger partial charge on any atom is -0.508 e. The first-order valence-corrected chi connectivity index (χ1v) is 8.21. The number of nitriles is 2. The molecule has 2 aromatic rings. The van der Waals surface area contributed by atoms with Gasteiger partial charge in [0.15, 0.2) is 6.19 Å². The van der Waals surface area contributed by atoms with Crippen molar-refractivity contribution < 1.29 is 5.11 Å². The number of nitrogens with zero attached hydrogens (tertiary/aromatic N) is 4. The standard InChI is InChI=1S/C15H10BrClN8O/c16-10-6(17)1-2-7(26)8(10)12-9-11(20)5(3-18)13(21)24-14(9)25-15(23-12)22-4-19/h1-2,12,26H,(H6,20,21,22,23,24,25). The Balaban J connectivity index is 2.35. The van der Waals surface area contributed by atoms with Crippen molar-refractivity contribution >= 4 is 50.8 Å². The molecular formula is C15H10BrClN8O. The number of pyridine rings is 1. The van der Waals surface area contributed by atoms with Gasteiger partial charge in [0.2, 0.25) is 5.96 Å². The van der Waals surface area contributed by atoms with E-state index < -0.39 is 6.04 Å². The Kier molecular flexibility index (Phi) is 4.47. The van der Waals surface area contributed by atoms with Crippen molar-refractivity contribution in [2.24, 2.45) is 4.99 Å². The Hall–Kier alpha value is -3.21. The molecule has 26 heavy (non-hydrogen) atoms. The number of halogens is 2. The maximum Gasteiger partial charge on any atom is 0.211 e. The molecule has 0 fully saturated rings. The van der Waals surface area contributed by atoms with Gasteiger partial charge in [-0.05, 0) is 28.1 Å². The smallest absolute Gasteiger partial charge is 0.211 e. The van der Waals surface area contributed by atoms with Crippen molar-refractivity contribution in [1.82, 2.24) is 10.3 Å². The average Bonchev–Trinajstić information content (AvgIpc) is 2.58. The van der Waals surface area contributed by atoms with Gasteiger partial charge in [-0.2, -0.15) is 10.5 Å². The Morgan fingerprint density at radius 3 is 2.69 bits per heavy atom. The molecular weight excluding hydrogens is 424 g/mol. The third kappa shape index (κ3) is 2.71. The molecule has 1 atom stereocenters. The molecule has 0 saturated heterocycles. The second kappa shape index (κ2) is 6.59. The molecule has 11 heteroatoms. The number of fused-ring (bicyclic) bond motifs is 1. The largest absolute Gasteiger partial charge is 0.508 e. The highest BCUT2D eigenvalue weighted by molar-refractivity contribution is 9.10. The predicted molar refractivity (Wildman–Crippen MR) is 100 cm³/mol. The van der Waals surface area contributed by atoms with Crippen LogP contribution in [0.15, 0.2) is 21.6 Å². The third-order valence-corrected chi connectivity index (χ3v) is 5.14. The lowest BCUT2D eigenvalue weighted by Crippen LogP contribution is -2.32. The molecule has 0 amide bonds. The van der Waals surface area contributed by atoms with Crippen molar-refractivity contribution in [1.29, 1.82) is 10.5 Å². The van der Waals surface area contributed by atoms with Gasteiger partial charge in [0.1, 0.15) is 35.1 Å². The lowest BCUT2D eigenvalue weighted by atomic mass is 9.94. The lowest BCUT2D eigenvalue weighted by Gasteiger charge is -2.27. The van der Waals surface area contributed by atoms with E-state index in [0.29, 0.717) is 20.6 Å². The first kappa shape index (κ1) is 17.6. The topological polar surface area (TPSA) is 169 Å². The summed E-state index contributed by atoms with van der Waals surface area (Å²) >= 11 is 9.48. The molecule has 2 heterocycles. The summed E-state index contributed by atoms with van der Waals surface area (Å²) in [5, 5.41) is 34.1. The number of phenolic OH excluding ortho intramolecular Hbond substituents is 1. The van der Waals surface area contributed by atoms with Gasteiger partial charge >= 0.3 is 0 Å². The first-order valence-electron chi connectivity index (χ1n) is 7.04. The summed E-state index contributed by atoms with van der Waals surface area (Å²) in [6, 6.07) is 3.93. The van der Waals surface area contributed by atoms with Crippen molar-refractivity contribution in [3.05, 3.63) is 38.3 Å². The molecule has 1 aliphatic rings. The van der Waals surface area contributed by atoms with Gasteiger partial charge in [-0.25, -0.2) is 9.98 Å². The van der Waals surface area contributed by atoms with Crippen molar-refractivity contribution in [3.63, 3.8) is 0 Å². The van der Waals surface area contributed by atoms with E-state index in [-0.39, 0.29) is 34.6 Å². The number of hydrogen-bond donors (Lipinski definition) is 5. The van der Waals surface area contributed by atoms with E-state index in [0.717, 1.165) is 0 Å². The molecule has 1 aromatic heterocycles. The van der Waals surface area contributed by atoms with Crippen LogP contribution >= 0.6 is 27.5 Å². The van der Waals surface area contributed by atoms with Crippen LogP contribution in [0.4, 0.5) is 17.3 Å². The van der Waals surface area contributed by atoms with Gasteiger partial charge in [0.25, 0.3) is 0 Å². The van der Waals surface area contributed by atoms with Crippen LogP contribution in [0.2, 0.25) is 5.02 Å². The number of nitrogens with one attached hydrogen (secondary N) is 2. The zero-order valence-electron chi connectivity index (χ0n) is 12.9. The predicted octanol–water partition coefficient (Wildman–Crippen LogP) is 2.18. The quantitative estimate of drug-likeness (QED) is 0.336. The number of nitrogens with two attached hydrogens (primary N) is 2. The number of phenols is 1. The number of rotatable bonds is 1. The molecule has 130 valence electrons. The van der Waals surface area contributed by atoms with Crippen LogP contribution in [-0.4, -0.2) is 16.1 Å². The maximum absolute atomic E-state index is 10.4. The van der Waals surface area contributed by atoms with Gasteiger partial charge < -0.3 is 21.9 Å². The van der Waals surface area contributed by atoms with Crippen LogP contribution in [0, 0.1) is 22.8 Å². The van der Waals surface area contributed by atoms with E-state index in [1.165, 1.54) is 12.1 Å². The van der Waals surface area contributed by atoms with Crippen LogP contribution in [0.25, 0.3) is 0 Å². The van der Waals surface area contributed by atoms with Crippen LogP contribution in [0.5, 0.6) is 5.75 Å². The summed E-state index contributed by atoms with van der Waals surface area (Å²) in [5.74, 6) is 0.117. The molecule has 0 radical (unpaired) electrons. The van der Waals surface area contributed by atoms with Gasteiger partial charge in [-0.15, -0.1) is 0 Å². The van der Waals surface area contributed by atoms with Crippen LogP contribution in [0.1, 0.15) is 22.7 Å². The summed E-state index contributed by atoms with van der Waals surface area (Å²) in [5.41, 5.74) is 12.6. The van der Waals surface area contributed by atoms with Crippen LogP contribution in [-0.2, 0) is 0 Å². The molecule has 0 aliphatic carbocycles. The molecule has 1 aromatic carbocycles. The molecule has 9 nitrogen and oxygen atoms in total. The Morgan fingerprint density at radius 1 is 1.31 bits per heavy atom. The normalized spacial score (nSPS) is 15.1. The van der Waals surface area contributed by atoms with Crippen molar-refractivity contribution in [2.45, 2.75) is 6.04 Å². The van der Waals surface area contributed by atoms with Crippen LogP contribution < -0.4 is 22.1 Å². The Labute approximate surface area is 161 Å². The number of benzene rings is 1. The van der Waals surface area contributed by atoms with Crippen LogP contribution in [0.3, 0.4) is 0 Å². The fourth-order valence-electron chi connectivity index (χ4n) is 2.61. The molecule has 0 bridgehead atoms. The summed E-state index contributed by atoms with van der Waals surface area (Å²) in [4.78, 5) is 8.50. The minimum atomic E-state index is -0.893. The summed E-state index contributed by atoms with van der Waals surface area (Å²) in [6.07, 6.45) is 1.75. The fraction of sp³-hybridized carbons (Fsp3) is 0.0667. The molecule has 1 unspecified atom stereocenters. The fourth-order valence-corrected chi connectivity index (χ4v) is 3.32. The zero-order valence-corrected chi connectivity index (χ0v) is 15.2. The molecule has 0 spiro atoms. The van der Waals surface area contributed by atoms with E-state index >= 15 is 0 Å². The average molecular weight is 434 g/mol. The summed E-state index contributed by atoms with van der Waals surface area (Å²) in [7, 11) is 0. The number of nitrogen functional groups attached to an aromatic ring is 2. The summed E-state index contributed by atoms with van der Waals surface area (Å²) < 4.78 is 0.395. The highest BCUT2D eigenvalue weighted by Gasteiger charge is 2.32. The third-order valence-electron chi connectivity index (χ3n) is 3.74. The van der Waals surface area contributed by atoms with E-state index in [4.69, 9.17) is 28.3 Å². The molecule has 0 saturated carbocycles. The van der Waals surface area contributed by atoms with E-state index in [2.05, 4.69) is 36.5 Å². The number of guanidine groups is 1. The first-order chi connectivity index (χ1) is 12.4. The maximum atomic E-state index is 10.4. The van der Waals surface area contributed by atoms with E-state index in [1.54, 1.807) is 6.19 Å². The minimum absolute atomic E-state index is 0.0000766. The van der Waals surface area contributed by atoms with Crippen molar-refractivity contribution in [2.75, 3.05) is 16.8 Å². The molecule has 3 rings (SSSR count). The number of anilines is 3. The number of aliphatic imine (C=N–C) groups is 1. The zero-order chi connectivity index (χ0) is 19.0. The number of aromatic nitrogens is 1. The Morgan fingerprint density at radius 2 is 2.04 bits per heavy atom. The molecule has 7 N–H and O–H groups in total. The lowest BCUT2D eigenvalue weighted by molar-refractivity contribution is 0.464. The van der Waals surface area contributed by atoms with E-state index in [9.17, 15) is 10.4 Å². The number of aromatic hydroxyl groups is 1. The second-order valence-electron chi connectivity index (χ2n) is 5.20. The second-order valence-corrected chi connectivity index (χ2v) is 6.40.